The van der Waals surface area contributed by atoms with Crippen LogP contribution in [0.3, 0.4) is 0 Å². The van der Waals surface area contributed by atoms with Gasteiger partial charge in [0.15, 0.2) is 0 Å². The lowest BCUT2D eigenvalue weighted by atomic mass is 10.2. The molecule has 104 valence electrons. The molecule has 0 spiro atoms. The van der Waals surface area contributed by atoms with Crippen LogP contribution in [0, 0.1) is 0 Å². The summed E-state index contributed by atoms with van der Waals surface area (Å²) in [5, 5.41) is 0. The van der Waals surface area contributed by atoms with Crippen LogP contribution in [0.5, 0.6) is 0 Å². The summed E-state index contributed by atoms with van der Waals surface area (Å²) in [6, 6.07) is -0.481. The summed E-state index contributed by atoms with van der Waals surface area (Å²) < 4.78 is 42.1. The van der Waals surface area contributed by atoms with Crippen molar-refractivity contribution in [2.24, 2.45) is 5.73 Å². The Balaban J connectivity index is 2.35. The van der Waals surface area contributed by atoms with Gasteiger partial charge in [0.25, 0.3) is 0 Å². The van der Waals surface area contributed by atoms with E-state index in [1.165, 1.54) is 0 Å². The van der Waals surface area contributed by atoms with Crippen molar-refractivity contribution in [1.82, 2.24) is 9.55 Å². The van der Waals surface area contributed by atoms with Crippen molar-refractivity contribution < 1.29 is 17.9 Å². The van der Waals surface area contributed by atoms with E-state index < -0.39 is 18.8 Å². The first-order valence-corrected chi connectivity index (χ1v) is 5.82. The molecule has 0 fully saturated rings. The summed E-state index contributed by atoms with van der Waals surface area (Å²) >= 11 is 0. The lowest BCUT2D eigenvalue weighted by molar-refractivity contribution is -0.174. The second-order valence-corrected chi connectivity index (χ2v) is 4.13. The Bertz CT molecular complexity index is 352. The third-order valence-corrected chi connectivity index (χ3v) is 2.31. The van der Waals surface area contributed by atoms with Crippen LogP contribution in [0.4, 0.5) is 13.2 Å². The van der Waals surface area contributed by atoms with E-state index in [0.29, 0.717) is 6.42 Å². The summed E-state index contributed by atoms with van der Waals surface area (Å²) in [4.78, 5) is 4.14. The lowest BCUT2D eigenvalue weighted by Crippen LogP contribution is -2.32. The van der Waals surface area contributed by atoms with E-state index in [1.54, 1.807) is 6.20 Å². The highest BCUT2D eigenvalue weighted by Crippen LogP contribution is 2.14. The van der Waals surface area contributed by atoms with Crippen molar-refractivity contribution in [3.05, 3.63) is 18.2 Å². The van der Waals surface area contributed by atoms with Gasteiger partial charge < -0.3 is 15.0 Å². The molecular weight excluding hydrogens is 247 g/mol. The topological polar surface area (TPSA) is 53.1 Å². The maximum Gasteiger partial charge on any atom is 0.411 e. The summed E-state index contributed by atoms with van der Waals surface area (Å²) in [5.41, 5.74) is 5.71. The SMILES string of the molecule is CCCn1ccnc1CC(N)COCC(F)(F)F. The van der Waals surface area contributed by atoms with Gasteiger partial charge in [0.1, 0.15) is 12.4 Å². The Hall–Kier alpha value is -1.08. The van der Waals surface area contributed by atoms with Crippen LogP contribution in [0.1, 0.15) is 19.2 Å². The highest BCUT2D eigenvalue weighted by molar-refractivity contribution is 4.95. The fraction of sp³-hybridized carbons (Fsp3) is 0.727. The summed E-state index contributed by atoms with van der Waals surface area (Å²) in [6.45, 7) is 1.48. The molecule has 0 aliphatic rings. The minimum atomic E-state index is -4.31. The third kappa shape index (κ3) is 5.50. The molecule has 1 aromatic rings. The Labute approximate surface area is 104 Å². The third-order valence-electron chi connectivity index (χ3n) is 2.31. The Kier molecular flexibility index (Phi) is 5.61. The normalized spacial score (nSPS) is 13.8. The van der Waals surface area contributed by atoms with Crippen molar-refractivity contribution in [3.8, 4) is 0 Å². The van der Waals surface area contributed by atoms with E-state index in [4.69, 9.17) is 5.73 Å². The fourth-order valence-electron chi connectivity index (χ4n) is 1.59. The van der Waals surface area contributed by atoms with E-state index in [9.17, 15) is 13.2 Å². The number of hydrogen-bond acceptors (Lipinski definition) is 3. The van der Waals surface area contributed by atoms with Gasteiger partial charge in [-0.15, -0.1) is 0 Å². The van der Waals surface area contributed by atoms with Crippen molar-refractivity contribution in [3.63, 3.8) is 0 Å². The predicted molar refractivity (Wildman–Crippen MR) is 61.1 cm³/mol. The van der Waals surface area contributed by atoms with Gasteiger partial charge in [0.2, 0.25) is 0 Å². The Morgan fingerprint density at radius 3 is 2.83 bits per heavy atom. The lowest BCUT2D eigenvalue weighted by Gasteiger charge is -2.14. The monoisotopic (exact) mass is 265 g/mol. The average molecular weight is 265 g/mol. The summed E-state index contributed by atoms with van der Waals surface area (Å²) in [6.07, 6.45) is 0.560. The van der Waals surface area contributed by atoms with E-state index in [1.807, 2.05) is 17.7 Å². The molecule has 1 unspecified atom stereocenters. The molecule has 1 atom stereocenters. The molecule has 0 saturated heterocycles. The van der Waals surface area contributed by atoms with Gasteiger partial charge in [-0.25, -0.2) is 4.98 Å². The zero-order valence-electron chi connectivity index (χ0n) is 10.3. The number of alkyl halides is 3. The minimum Gasteiger partial charge on any atom is -0.370 e. The van der Waals surface area contributed by atoms with Crippen molar-refractivity contribution >= 4 is 0 Å². The van der Waals surface area contributed by atoms with Crippen LogP contribution in [0.2, 0.25) is 0 Å². The number of halogens is 3. The second-order valence-electron chi connectivity index (χ2n) is 4.13. The smallest absolute Gasteiger partial charge is 0.370 e. The molecule has 7 heteroatoms. The molecule has 0 amide bonds. The standard InChI is InChI=1S/C11H18F3N3O/c1-2-4-17-5-3-16-10(17)6-9(15)7-18-8-11(12,13)14/h3,5,9H,2,4,6-8,15H2,1H3. The number of ether oxygens (including phenoxy) is 1. The quantitative estimate of drug-likeness (QED) is 0.817. The number of nitrogens with zero attached hydrogens (tertiary/aromatic N) is 2. The van der Waals surface area contributed by atoms with Crippen molar-refractivity contribution in [2.45, 2.75) is 38.5 Å². The highest BCUT2D eigenvalue weighted by atomic mass is 19.4. The van der Waals surface area contributed by atoms with E-state index in [0.717, 1.165) is 18.8 Å². The zero-order valence-corrected chi connectivity index (χ0v) is 10.3. The largest absolute Gasteiger partial charge is 0.411 e. The molecule has 1 rings (SSSR count). The highest BCUT2D eigenvalue weighted by Gasteiger charge is 2.27. The number of rotatable bonds is 7. The van der Waals surface area contributed by atoms with Crippen LogP contribution < -0.4 is 5.73 Å². The molecule has 0 aliphatic carbocycles. The molecule has 0 radical (unpaired) electrons. The first-order chi connectivity index (χ1) is 8.42. The van der Waals surface area contributed by atoms with Crippen LogP contribution in [0.15, 0.2) is 12.4 Å². The molecule has 1 aromatic heterocycles. The number of hydrogen-bond donors (Lipinski definition) is 1. The average Bonchev–Trinajstić information content (AvgIpc) is 2.64. The maximum absolute atomic E-state index is 11.9. The molecule has 0 bridgehead atoms. The molecule has 4 nitrogen and oxygen atoms in total. The molecule has 0 aliphatic heterocycles. The minimum absolute atomic E-state index is 0.126. The number of aromatic nitrogens is 2. The summed E-state index contributed by atoms with van der Waals surface area (Å²) in [5.74, 6) is 0.778. The number of aryl methyl sites for hydroxylation is 1. The van der Waals surface area contributed by atoms with E-state index >= 15 is 0 Å². The van der Waals surface area contributed by atoms with Gasteiger partial charge in [-0.1, -0.05) is 6.92 Å². The van der Waals surface area contributed by atoms with Gasteiger partial charge in [-0.2, -0.15) is 13.2 Å². The molecule has 2 N–H and O–H groups in total. The first-order valence-electron chi connectivity index (χ1n) is 5.82. The molecular formula is C11H18F3N3O. The molecule has 0 aromatic carbocycles. The van der Waals surface area contributed by atoms with Gasteiger partial charge in [-0.05, 0) is 6.42 Å². The zero-order chi connectivity index (χ0) is 13.6. The van der Waals surface area contributed by atoms with E-state index in [2.05, 4.69) is 9.72 Å². The van der Waals surface area contributed by atoms with Gasteiger partial charge in [-0.3, -0.25) is 0 Å². The van der Waals surface area contributed by atoms with Crippen LogP contribution in [-0.4, -0.2) is 35.0 Å². The van der Waals surface area contributed by atoms with Crippen LogP contribution in [0.25, 0.3) is 0 Å². The first kappa shape index (κ1) is 15.0. The van der Waals surface area contributed by atoms with Crippen LogP contribution in [-0.2, 0) is 17.7 Å². The molecule has 18 heavy (non-hydrogen) atoms. The van der Waals surface area contributed by atoms with Crippen LogP contribution >= 0.6 is 0 Å². The predicted octanol–water partition coefficient (Wildman–Crippen LogP) is 1.74. The van der Waals surface area contributed by atoms with Gasteiger partial charge in [0.05, 0.1) is 6.61 Å². The molecule has 0 saturated carbocycles. The summed E-state index contributed by atoms with van der Waals surface area (Å²) in [7, 11) is 0. The number of imidazole rings is 1. The van der Waals surface area contributed by atoms with Crippen molar-refractivity contribution in [1.29, 1.82) is 0 Å². The van der Waals surface area contributed by atoms with E-state index in [-0.39, 0.29) is 6.61 Å². The number of nitrogens with two attached hydrogens (primary N) is 1. The van der Waals surface area contributed by atoms with Gasteiger partial charge >= 0.3 is 6.18 Å². The Morgan fingerprint density at radius 2 is 2.22 bits per heavy atom. The second kappa shape index (κ2) is 6.75. The molecule has 1 heterocycles. The van der Waals surface area contributed by atoms with Crippen molar-refractivity contribution in [2.75, 3.05) is 13.2 Å². The maximum atomic E-state index is 11.9. The fourth-order valence-corrected chi connectivity index (χ4v) is 1.59. The Morgan fingerprint density at radius 1 is 1.50 bits per heavy atom. The van der Waals surface area contributed by atoms with Gasteiger partial charge in [0, 0.05) is 31.4 Å².